The molecule has 0 saturated heterocycles. The van der Waals surface area contributed by atoms with Gasteiger partial charge in [0.2, 0.25) is 0 Å². The lowest BCUT2D eigenvalue weighted by molar-refractivity contribution is -0.883. The van der Waals surface area contributed by atoms with Gasteiger partial charge in [-0.1, -0.05) is 39.8 Å². The summed E-state index contributed by atoms with van der Waals surface area (Å²) < 4.78 is 6.86. The fourth-order valence-corrected chi connectivity index (χ4v) is 3.69. The molecule has 0 aromatic heterocycles. The van der Waals surface area contributed by atoms with Crippen molar-refractivity contribution >= 4 is 5.91 Å². The van der Waals surface area contributed by atoms with Gasteiger partial charge in [0, 0.05) is 13.1 Å². The van der Waals surface area contributed by atoms with Crippen molar-refractivity contribution in [2.75, 3.05) is 46.9 Å². The molecule has 0 aliphatic rings. The smallest absolute Gasteiger partial charge is 0.277 e. The molecule has 0 saturated carbocycles. The molecule has 0 bridgehead atoms. The van der Waals surface area contributed by atoms with Crippen LogP contribution in [-0.2, 0) is 4.79 Å². The molecule has 0 atom stereocenters. The minimum atomic E-state index is 0. The first-order valence-electron chi connectivity index (χ1n) is 11.5. The zero-order valence-corrected chi connectivity index (χ0v) is 22.1. The fourth-order valence-electron chi connectivity index (χ4n) is 3.69. The lowest BCUT2D eigenvalue weighted by Gasteiger charge is -2.32. The number of rotatable bonds is 14. The van der Waals surface area contributed by atoms with Gasteiger partial charge in [-0.3, -0.25) is 4.79 Å². The second-order valence-electron chi connectivity index (χ2n) is 9.30. The van der Waals surface area contributed by atoms with E-state index in [4.69, 9.17) is 4.74 Å². The first-order valence-corrected chi connectivity index (χ1v) is 11.5. The van der Waals surface area contributed by atoms with Gasteiger partial charge in [0.25, 0.3) is 5.91 Å². The molecule has 1 rings (SSSR count). The minimum absolute atomic E-state index is 0. The number of hydrogen-bond acceptors (Lipinski definition) is 2. The average molecular weight is 486 g/mol. The highest BCUT2D eigenvalue weighted by Gasteiger charge is 2.23. The molecule has 0 unspecified atom stereocenters. The summed E-state index contributed by atoms with van der Waals surface area (Å²) in [5.41, 5.74) is 2.53. The van der Waals surface area contributed by atoms with Crippen LogP contribution in [0.15, 0.2) is 18.2 Å². The number of unbranched alkanes of at least 4 members (excludes halogenated alkanes) is 2. The molecule has 0 aliphatic carbocycles. The Morgan fingerprint density at radius 1 is 1.07 bits per heavy atom. The Kier molecular flexibility index (Phi) is 14.3. The van der Waals surface area contributed by atoms with E-state index in [1.807, 2.05) is 4.90 Å². The molecule has 0 heterocycles. The molecule has 1 amide bonds. The SMILES string of the molecule is CCCN(CCC)C(=O)C[N+](C)(C)CCCCCOc1cc(C)ccc1C(C)C.[Br-]. The molecule has 0 fully saturated rings. The largest absolute Gasteiger partial charge is 1.00 e. The van der Waals surface area contributed by atoms with Gasteiger partial charge in [-0.2, -0.15) is 0 Å². The van der Waals surface area contributed by atoms with Crippen molar-refractivity contribution in [2.45, 2.75) is 72.6 Å². The summed E-state index contributed by atoms with van der Waals surface area (Å²) in [6, 6.07) is 6.50. The number of amides is 1. The van der Waals surface area contributed by atoms with Crippen LogP contribution in [0.4, 0.5) is 0 Å². The highest BCUT2D eigenvalue weighted by atomic mass is 79.9. The molecule has 1 aromatic carbocycles. The Labute approximate surface area is 196 Å². The third-order valence-corrected chi connectivity index (χ3v) is 5.36. The Bertz CT molecular complexity index is 611. The summed E-state index contributed by atoms with van der Waals surface area (Å²) in [7, 11) is 4.35. The predicted octanol–water partition coefficient (Wildman–Crippen LogP) is 2.40. The summed E-state index contributed by atoms with van der Waals surface area (Å²) in [6.07, 6.45) is 5.36. The van der Waals surface area contributed by atoms with Crippen molar-refractivity contribution in [2.24, 2.45) is 0 Å². The number of carbonyl (C=O) groups is 1. The number of ether oxygens (including phenoxy) is 1. The highest BCUT2D eigenvalue weighted by molar-refractivity contribution is 5.77. The van der Waals surface area contributed by atoms with Crippen LogP contribution in [-0.4, -0.2) is 62.2 Å². The van der Waals surface area contributed by atoms with Crippen LogP contribution in [0.2, 0.25) is 0 Å². The lowest BCUT2D eigenvalue weighted by Crippen LogP contribution is -3.00. The van der Waals surface area contributed by atoms with Gasteiger partial charge in [0.1, 0.15) is 5.75 Å². The first kappa shape index (κ1) is 28.9. The molecule has 0 N–H and O–H groups in total. The van der Waals surface area contributed by atoms with Crippen molar-refractivity contribution in [1.82, 2.24) is 4.90 Å². The van der Waals surface area contributed by atoms with Gasteiger partial charge in [-0.25, -0.2) is 0 Å². The fraction of sp³-hybridized carbons (Fsp3) is 0.720. The van der Waals surface area contributed by atoms with Gasteiger partial charge < -0.3 is 31.1 Å². The maximum absolute atomic E-state index is 12.6. The molecule has 0 aliphatic heterocycles. The van der Waals surface area contributed by atoms with Gasteiger partial charge in [-0.05, 0) is 62.1 Å². The number of hydrogen-bond donors (Lipinski definition) is 0. The molecular formula is C25H45BrN2O2. The number of halogens is 1. The number of carbonyl (C=O) groups excluding carboxylic acids is 1. The van der Waals surface area contributed by atoms with Gasteiger partial charge in [0.05, 0.1) is 27.2 Å². The van der Waals surface area contributed by atoms with Gasteiger partial charge in [0.15, 0.2) is 6.54 Å². The topological polar surface area (TPSA) is 29.5 Å². The van der Waals surface area contributed by atoms with E-state index >= 15 is 0 Å². The van der Waals surface area contributed by atoms with Crippen molar-refractivity contribution in [3.05, 3.63) is 29.3 Å². The maximum Gasteiger partial charge on any atom is 0.277 e. The van der Waals surface area contributed by atoms with Crippen molar-refractivity contribution in [3.63, 3.8) is 0 Å². The van der Waals surface area contributed by atoms with E-state index in [9.17, 15) is 4.79 Å². The van der Waals surface area contributed by atoms with Crippen LogP contribution < -0.4 is 21.7 Å². The molecule has 0 spiro atoms. The van der Waals surface area contributed by atoms with Crippen LogP contribution >= 0.6 is 0 Å². The summed E-state index contributed by atoms with van der Waals surface area (Å²) in [6.45, 7) is 14.9. The zero-order chi connectivity index (χ0) is 21.9. The van der Waals surface area contributed by atoms with E-state index in [1.165, 1.54) is 11.1 Å². The third kappa shape index (κ3) is 10.8. The van der Waals surface area contributed by atoms with E-state index in [2.05, 4.69) is 66.9 Å². The Morgan fingerprint density at radius 3 is 2.27 bits per heavy atom. The van der Waals surface area contributed by atoms with Gasteiger partial charge in [-0.15, -0.1) is 0 Å². The quantitative estimate of drug-likeness (QED) is 0.299. The Morgan fingerprint density at radius 2 is 1.70 bits per heavy atom. The minimum Gasteiger partial charge on any atom is -1.00 e. The summed E-state index contributed by atoms with van der Waals surface area (Å²) in [5, 5.41) is 0. The number of quaternary nitrogens is 1. The number of likely N-dealkylation sites (N-methyl/N-ethyl adjacent to an activating group) is 1. The number of nitrogens with zero attached hydrogens (tertiary/aromatic N) is 2. The average Bonchev–Trinajstić information content (AvgIpc) is 2.63. The van der Waals surface area contributed by atoms with Crippen LogP contribution in [0.5, 0.6) is 5.75 Å². The summed E-state index contributed by atoms with van der Waals surface area (Å²) >= 11 is 0. The molecule has 174 valence electrons. The number of aryl methyl sites for hydroxylation is 1. The van der Waals surface area contributed by atoms with Gasteiger partial charge >= 0.3 is 0 Å². The Hall–Kier alpha value is -1.07. The second kappa shape index (κ2) is 14.9. The summed E-state index contributed by atoms with van der Waals surface area (Å²) in [4.78, 5) is 14.7. The molecule has 1 aromatic rings. The zero-order valence-electron chi connectivity index (χ0n) is 20.5. The van der Waals surface area contributed by atoms with Crippen LogP contribution in [0.3, 0.4) is 0 Å². The van der Waals surface area contributed by atoms with E-state index in [-0.39, 0.29) is 17.0 Å². The van der Waals surface area contributed by atoms with Crippen molar-refractivity contribution in [3.8, 4) is 5.75 Å². The van der Waals surface area contributed by atoms with E-state index in [0.717, 1.165) is 68.6 Å². The van der Waals surface area contributed by atoms with Crippen molar-refractivity contribution < 1.29 is 31.0 Å². The third-order valence-electron chi connectivity index (χ3n) is 5.36. The van der Waals surface area contributed by atoms with Crippen LogP contribution in [0.25, 0.3) is 0 Å². The maximum atomic E-state index is 12.6. The second-order valence-corrected chi connectivity index (χ2v) is 9.30. The van der Waals surface area contributed by atoms with Crippen LogP contribution in [0.1, 0.15) is 76.8 Å². The van der Waals surface area contributed by atoms with Crippen LogP contribution in [0, 0.1) is 6.92 Å². The molecule has 4 nitrogen and oxygen atoms in total. The number of benzene rings is 1. The molecule has 30 heavy (non-hydrogen) atoms. The highest BCUT2D eigenvalue weighted by Crippen LogP contribution is 2.27. The molecular weight excluding hydrogens is 440 g/mol. The standard InChI is InChI=1S/C25H45N2O2.BrH/c1-8-15-26(16-9-2)25(28)20-27(6,7)17-11-10-12-18-29-24-19-22(5)13-14-23(24)21(3)4;/h13-14,19,21H,8-12,15-18,20H2,1-7H3;1H/q+1;/p-1. The lowest BCUT2D eigenvalue weighted by atomic mass is 10.0. The van der Waals surface area contributed by atoms with E-state index < -0.39 is 0 Å². The van der Waals surface area contributed by atoms with Crippen molar-refractivity contribution in [1.29, 1.82) is 0 Å². The normalized spacial score (nSPS) is 11.3. The first-order chi connectivity index (χ1) is 13.7. The monoisotopic (exact) mass is 484 g/mol. The summed E-state index contributed by atoms with van der Waals surface area (Å²) in [5.74, 6) is 1.80. The van der Waals surface area contributed by atoms with E-state index in [0.29, 0.717) is 18.4 Å². The van der Waals surface area contributed by atoms with E-state index in [1.54, 1.807) is 0 Å². The molecule has 0 radical (unpaired) electrons. The Balaban J connectivity index is 0.00000841. The predicted molar refractivity (Wildman–Crippen MR) is 124 cm³/mol. The molecule has 5 heteroatoms.